The van der Waals surface area contributed by atoms with Gasteiger partial charge < -0.3 is 5.11 Å². The number of nitrogens with zero attached hydrogens (tertiary/aromatic N) is 2. The lowest BCUT2D eigenvalue weighted by Crippen LogP contribution is -2.36. The quantitative estimate of drug-likeness (QED) is 0.430. The van der Waals surface area contributed by atoms with Crippen molar-refractivity contribution in [3.05, 3.63) is 6.20 Å². The number of amides is 1. The maximum Gasteiger partial charge on any atom is 0.426 e. The van der Waals surface area contributed by atoms with E-state index in [4.69, 9.17) is 5.11 Å². The first-order valence-corrected chi connectivity index (χ1v) is 2.50. The van der Waals surface area contributed by atoms with Crippen molar-refractivity contribution in [2.24, 2.45) is 0 Å². The Morgan fingerprint density at radius 2 is 2.10 bits per heavy atom. The van der Waals surface area contributed by atoms with Gasteiger partial charge in [0.25, 0.3) is 0 Å². The second kappa shape index (κ2) is 3.66. The molecule has 0 aliphatic heterocycles. The second-order valence-electron chi connectivity index (χ2n) is 1.72. The number of carbonyl (C=O) groups excluding carboxylic acids is 1. The van der Waals surface area contributed by atoms with Crippen molar-refractivity contribution in [3.63, 3.8) is 0 Å². The van der Waals surface area contributed by atoms with E-state index >= 15 is 0 Å². The third kappa shape index (κ3) is 2.30. The van der Waals surface area contributed by atoms with E-state index < -0.39 is 6.09 Å². The van der Waals surface area contributed by atoms with E-state index in [1.165, 1.54) is 25.0 Å². The second-order valence-corrected chi connectivity index (χ2v) is 1.72. The van der Waals surface area contributed by atoms with Gasteiger partial charge in [-0.2, -0.15) is 0 Å². The Hall–Kier alpha value is -1.32. The summed E-state index contributed by atoms with van der Waals surface area (Å²) in [5.74, 6) is 1.36. The Bertz CT molecular complexity index is 170. The molecule has 0 aromatic heterocycles. The van der Waals surface area contributed by atoms with Gasteiger partial charge in [-0.05, 0) is 0 Å². The van der Waals surface area contributed by atoms with Crippen molar-refractivity contribution >= 4 is 12.0 Å². The minimum absolute atomic E-state index is 0.715. The summed E-state index contributed by atoms with van der Waals surface area (Å²) >= 11 is 0. The lowest BCUT2D eigenvalue weighted by atomic mass is 10.8. The molecule has 5 heteroatoms. The predicted octanol–water partition coefficient (Wildman–Crippen LogP) is -0.212. The van der Waals surface area contributed by atoms with Crippen molar-refractivity contribution in [1.29, 1.82) is 0 Å². The molecule has 0 spiro atoms. The van der Waals surface area contributed by atoms with E-state index in [1.807, 2.05) is 0 Å². The summed E-state index contributed by atoms with van der Waals surface area (Å²) in [7, 11) is 3.00. The molecule has 0 fully saturated rings. The number of rotatable bonds is 2. The normalized spacial score (nSPS) is 8.70. The van der Waals surface area contributed by atoms with Crippen LogP contribution in [0.1, 0.15) is 0 Å². The van der Waals surface area contributed by atoms with Crippen molar-refractivity contribution in [1.82, 2.24) is 10.0 Å². The fraction of sp³-hybridized carbons (Fsp3) is 0.400. The van der Waals surface area contributed by atoms with Crippen LogP contribution in [0.2, 0.25) is 0 Å². The van der Waals surface area contributed by atoms with Crippen LogP contribution in [0.25, 0.3) is 0 Å². The van der Waals surface area contributed by atoms with Crippen LogP contribution in [0.15, 0.2) is 6.20 Å². The van der Waals surface area contributed by atoms with Gasteiger partial charge in [0.2, 0.25) is 0 Å². The van der Waals surface area contributed by atoms with Gasteiger partial charge in [-0.25, -0.2) is 19.6 Å². The van der Waals surface area contributed by atoms with Gasteiger partial charge in [0.1, 0.15) is 12.1 Å². The first-order valence-electron chi connectivity index (χ1n) is 2.50. The van der Waals surface area contributed by atoms with Crippen molar-refractivity contribution < 1.29 is 14.7 Å². The van der Waals surface area contributed by atoms with Gasteiger partial charge in [-0.3, -0.25) is 0 Å². The molecular weight excluding hydrogens is 136 g/mol. The van der Waals surface area contributed by atoms with E-state index in [0.717, 1.165) is 6.20 Å². The summed E-state index contributed by atoms with van der Waals surface area (Å²) in [6.07, 6.45) is -0.421. The van der Waals surface area contributed by atoms with E-state index in [2.05, 4.69) is 0 Å². The van der Waals surface area contributed by atoms with Crippen molar-refractivity contribution in [2.75, 3.05) is 14.1 Å². The summed E-state index contributed by atoms with van der Waals surface area (Å²) in [5.41, 5.74) is 0. The van der Waals surface area contributed by atoms with Crippen molar-refractivity contribution in [3.8, 4) is 0 Å². The largest absolute Gasteiger partial charge is 0.464 e. The number of hydrogen-bond acceptors (Lipinski definition) is 3. The summed E-state index contributed by atoms with van der Waals surface area (Å²) in [4.78, 5) is 19.9. The van der Waals surface area contributed by atoms with Crippen LogP contribution in [-0.2, 0) is 4.79 Å². The molecule has 0 bridgehead atoms. The average Bonchev–Trinajstić information content (AvgIpc) is 1.81. The molecule has 1 N–H and O–H groups in total. The number of carbonyl (C=O) groups is 1. The molecule has 0 aliphatic carbocycles. The summed E-state index contributed by atoms with van der Waals surface area (Å²) in [6.45, 7) is 0. The minimum Gasteiger partial charge on any atom is -0.464 e. The van der Waals surface area contributed by atoms with Crippen LogP contribution >= 0.6 is 0 Å². The zero-order chi connectivity index (χ0) is 8.15. The standard InChI is InChI=1S/C5H8N2O3/c1-6(2)7(3-4-8)5(9)10/h3H,1-2H3,(H,9,10). The molecule has 0 heterocycles. The van der Waals surface area contributed by atoms with Crippen LogP contribution in [0.5, 0.6) is 0 Å². The van der Waals surface area contributed by atoms with Crippen LogP contribution in [-0.4, -0.2) is 41.3 Å². The number of carboxylic acid groups (broad SMARTS) is 1. The molecule has 0 radical (unpaired) electrons. The highest BCUT2D eigenvalue weighted by Crippen LogP contribution is 1.90. The van der Waals surface area contributed by atoms with Gasteiger partial charge >= 0.3 is 6.09 Å². The SMILES string of the molecule is CN(C)N(C=C=O)C(=O)O. The van der Waals surface area contributed by atoms with Gasteiger partial charge in [0, 0.05) is 14.1 Å². The first kappa shape index (κ1) is 8.68. The van der Waals surface area contributed by atoms with Gasteiger partial charge in [0.15, 0.2) is 0 Å². The molecule has 0 unspecified atom stereocenters. The Balaban J connectivity index is 4.26. The topological polar surface area (TPSA) is 60.9 Å². The molecule has 56 valence electrons. The smallest absolute Gasteiger partial charge is 0.426 e. The van der Waals surface area contributed by atoms with E-state index in [0.29, 0.717) is 5.01 Å². The van der Waals surface area contributed by atoms with Crippen LogP contribution in [0, 0.1) is 0 Å². The molecule has 0 aromatic carbocycles. The zero-order valence-corrected chi connectivity index (χ0v) is 5.74. The van der Waals surface area contributed by atoms with Crippen LogP contribution in [0.4, 0.5) is 4.79 Å². The molecular formula is C5H8N2O3. The average molecular weight is 144 g/mol. The Kier molecular flexibility index (Phi) is 3.17. The maximum atomic E-state index is 10.2. The van der Waals surface area contributed by atoms with E-state index in [9.17, 15) is 9.59 Å². The van der Waals surface area contributed by atoms with Gasteiger partial charge in [0.05, 0.1) is 0 Å². The Morgan fingerprint density at radius 3 is 2.20 bits per heavy atom. The monoisotopic (exact) mass is 144 g/mol. The molecule has 0 aromatic rings. The molecule has 1 amide bonds. The van der Waals surface area contributed by atoms with Gasteiger partial charge in [-0.1, -0.05) is 0 Å². The Labute approximate surface area is 58.1 Å². The summed E-state index contributed by atoms with van der Waals surface area (Å²) in [5, 5.41) is 10.3. The number of hydrogen-bond donors (Lipinski definition) is 1. The Morgan fingerprint density at radius 1 is 1.60 bits per heavy atom. The fourth-order valence-corrected chi connectivity index (χ4v) is 0.392. The molecule has 10 heavy (non-hydrogen) atoms. The fourth-order valence-electron chi connectivity index (χ4n) is 0.392. The lowest BCUT2D eigenvalue weighted by molar-refractivity contribution is 0.0717. The zero-order valence-electron chi connectivity index (χ0n) is 5.74. The third-order valence-corrected chi connectivity index (χ3v) is 0.802. The van der Waals surface area contributed by atoms with Gasteiger partial charge in [-0.15, -0.1) is 0 Å². The molecule has 0 atom stereocenters. The lowest BCUT2D eigenvalue weighted by Gasteiger charge is -2.19. The maximum absolute atomic E-state index is 10.2. The van der Waals surface area contributed by atoms with E-state index in [1.54, 1.807) is 0 Å². The molecule has 5 nitrogen and oxygen atoms in total. The molecule has 0 saturated carbocycles. The summed E-state index contributed by atoms with van der Waals surface area (Å²) < 4.78 is 0. The third-order valence-electron chi connectivity index (χ3n) is 0.802. The van der Waals surface area contributed by atoms with E-state index in [-0.39, 0.29) is 0 Å². The minimum atomic E-state index is -1.21. The predicted molar refractivity (Wildman–Crippen MR) is 33.8 cm³/mol. The van der Waals surface area contributed by atoms with Crippen molar-refractivity contribution in [2.45, 2.75) is 0 Å². The van der Waals surface area contributed by atoms with Crippen LogP contribution < -0.4 is 0 Å². The molecule has 0 rings (SSSR count). The summed E-state index contributed by atoms with van der Waals surface area (Å²) in [6, 6.07) is 0. The molecule has 0 saturated heterocycles. The highest BCUT2D eigenvalue weighted by atomic mass is 16.4. The highest BCUT2D eigenvalue weighted by molar-refractivity contribution is 5.68. The molecule has 0 aliphatic rings. The first-order chi connectivity index (χ1) is 4.59. The van der Waals surface area contributed by atoms with Crippen LogP contribution in [0.3, 0.4) is 0 Å². The highest BCUT2D eigenvalue weighted by Gasteiger charge is 2.09. The number of hydrazine groups is 1.